The first-order valence-electron chi connectivity index (χ1n) is 7.33. The van der Waals surface area contributed by atoms with Crippen LogP contribution >= 0.6 is 11.8 Å². The van der Waals surface area contributed by atoms with Crippen molar-refractivity contribution in [3.8, 4) is 11.5 Å². The Hall–Kier alpha value is -2.22. The normalized spacial score (nSPS) is 16.3. The van der Waals surface area contributed by atoms with Crippen molar-refractivity contribution in [1.82, 2.24) is 20.7 Å². The first kappa shape index (κ1) is 15.7. The van der Waals surface area contributed by atoms with Crippen LogP contribution in [0.15, 0.2) is 29.4 Å². The summed E-state index contributed by atoms with van der Waals surface area (Å²) in [5, 5.41) is 14.0. The van der Waals surface area contributed by atoms with Gasteiger partial charge in [0.1, 0.15) is 11.6 Å². The molecule has 2 N–H and O–H groups in total. The number of rotatable bonds is 6. The number of aromatic amines is 1. The summed E-state index contributed by atoms with van der Waals surface area (Å²) < 4.78 is 11.0. The quantitative estimate of drug-likeness (QED) is 0.611. The minimum absolute atomic E-state index is 0.0132. The summed E-state index contributed by atoms with van der Waals surface area (Å²) in [6.45, 7) is 0.952. The molecule has 2 aromatic rings. The molecule has 0 bridgehead atoms. The lowest BCUT2D eigenvalue weighted by Crippen LogP contribution is -2.38. The number of nitrogens with one attached hydrogen (secondary N) is 2. The Bertz CT molecular complexity index is 663. The summed E-state index contributed by atoms with van der Waals surface area (Å²) in [5.41, 5.74) is 1.01. The maximum absolute atomic E-state index is 12.3. The lowest BCUT2D eigenvalue weighted by molar-refractivity contribution is -0.126. The second-order valence-electron chi connectivity index (χ2n) is 5.11. The van der Waals surface area contributed by atoms with Gasteiger partial charge in [-0.25, -0.2) is 0 Å². The number of amides is 1. The van der Waals surface area contributed by atoms with Crippen LogP contribution in [0.1, 0.15) is 5.56 Å². The molecule has 1 aromatic heterocycles. The molecule has 1 atom stereocenters. The molecule has 1 aliphatic heterocycles. The van der Waals surface area contributed by atoms with Gasteiger partial charge in [0.15, 0.2) is 11.5 Å². The average molecular weight is 334 g/mol. The van der Waals surface area contributed by atoms with E-state index in [-0.39, 0.29) is 11.8 Å². The molecule has 122 valence electrons. The topological polar surface area (TPSA) is 89.1 Å². The Morgan fingerprint density at radius 1 is 1.57 bits per heavy atom. The number of thioether (sulfide) groups is 1. The van der Waals surface area contributed by atoms with Crippen molar-refractivity contribution in [3.63, 3.8) is 0 Å². The summed E-state index contributed by atoms with van der Waals surface area (Å²) in [5.74, 6) is 2.05. The van der Waals surface area contributed by atoms with Crippen molar-refractivity contribution >= 4 is 17.7 Å². The van der Waals surface area contributed by atoms with E-state index in [4.69, 9.17) is 9.47 Å². The van der Waals surface area contributed by atoms with Gasteiger partial charge in [0, 0.05) is 12.3 Å². The number of carbonyl (C=O) groups is 1. The maximum Gasteiger partial charge on any atom is 0.226 e. The van der Waals surface area contributed by atoms with E-state index >= 15 is 0 Å². The Labute approximate surface area is 138 Å². The van der Waals surface area contributed by atoms with Gasteiger partial charge in [0.05, 0.1) is 19.2 Å². The number of carbonyl (C=O) groups excluding carboxylic acids is 1. The van der Waals surface area contributed by atoms with Crippen LogP contribution in [-0.2, 0) is 11.2 Å². The summed E-state index contributed by atoms with van der Waals surface area (Å²) in [6.07, 6.45) is 2.32. The van der Waals surface area contributed by atoms with Crippen molar-refractivity contribution in [2.45, 2.75) is 11.4 Å². The average Bonchev–Trinajstić information content (AvgIpc) is 3.10. The summed E-state index contributed by atoms with van der Waals surface area (Å²) in [7, 11) is 1.62. The molecule has 8 heteroatoms. The maximum atomic E-state index is 12.3. The number of hydrogen-bond donors (Lipinski definition) is 2. The number of benzene rings is 1. The number of fused-ring (bicyclic) bond motifs is 1. The van der Waals surface area contributed by atoms with E-state index in [1.807, 2.05) is 18.2 Å². The van der Waals surface area contributed by atoms with Crippen LogP contribution in [0, 0.1) is 5.92 Å². The van der Waals surface area contributed by atoms with Crippen molar-refractivity contribution in [1.29, 1.82) is 0 Å². The molecular formula is C15H18N4O3S. The third-order valence-corrected chi connectivity index (χ3v) is 4.49. The van der Waals surface area contributed by atoms with Gasteiger partial charge in [-0.15, -0.1) is 16.9 Å². The van der Waals surface area contributed by atoms with Crippen LogP contribution in [0.25, 0.3) is 0 Å². The van der Waals surface area contributed by atoms with Crippen molar-refractivity contribution in [2.75, 3.05) is 26.0 Å². The molecule has 0 spiro atoms. The fraction of sp³-hybridized carbons (Fsp3) is 0.400. The largest absolute Gasteiger partial charge is 0.493 e. The van der Waals surface area contributed by atoms with Crippen molar-refractivity contribution in [2.24, 2.45) is 5.92 Å². The molecule has 0 saturated heterocycles. The van der Waals surface area contributed by atoms with E-state index in [1.165, 1.54) is 0 Å². The smallest absolute Gasteiger partial charge is 0.226 e. The first-order chi connectivity index (χ1) is 11.3. The summed E-state index contributed by atoms with van der Waals surface area (Å²) in [4.78, 5) is 12.3. The predicted molar refractivity (Wildman–Crippen MR) is 85.8 cm³/mol. The van der Waals surface area contributed by atoms with Crippen LogP contribution in [0.4, 0.5) is 0 Å². The molecule has 2 heterocycles. The molecule has 0 unspecified atom stereocenters. The Morgan fingerprint density at radius 2 is 2.48 bits per heavy atom. The molecule has 0 saturated carbocycles. The zero-order valence-corrected chi connectivity index (χ0v) is 13.6. The molecule has 0 radical (unpaired) electrons. The number of nitrogens with zero attached hydrogens (tertiary/aromatic N) is 2. The van der Waals surface area contributed by atoms with Gasteiger partial charge < -0.3 is 14.8 Å². The molecule has 3 rings (SSSR count). The molecule has 1 amide bonds. The monoisotopic (exact) mass is 334 g/mol. The number of aromatic nitrogens is 3. The lowest BCUT2D eigenvalue weighted by Gasteiger charge is -2.25. The van der Waals surface area contributed by atoms with Gasteiger partial charge in [-0.1, -0.05) is 12.1 Å². The van der Waals surface area contributed by atoms with Gasteiger partial charge in [-0.2, -0.15) is 10.3 Å². The minimum Gasteiger partial charge on any atom is -0.493 e. The highest BCUT2D eigenvalue weighted by Crippen LogP contribution is 2.35. The fourth-order valence-electron chi connectivity index (χ4n) is 2.46. The Kier molecular flexibility index (Phi) is 5.02. The van der Waals surface area contributed by atoms with Crippen LogP contribution in [0.5, 0.6) is 11.5 Å². The van der Waals surface area contributed by atoms with E-state index in [0.717, 1.165) is 22.1 Å². The number of para-hydroxylation sites is 1. The second-order valence-corrected chi connectivity index (χ2v) is 6.22. The number of ether oxygens (including phenoxy) is 2. The van der Waals surface area contributed by atoms with E-state index < -0.39 is 0 Å². The standard InChI is InChI=1S/C15H18N4O3S/c1-21-12-4-2-3-10-7-11(9-22-14(10)12)15(20)16-5-6-23-13-8-17-19-18-13/h2-4,8,11H,5-7,9H2,1H3,(H,16,20)(H,17,18,19)/t11-/m1/s1. The van der Waals surface area contributed by atoms with Crippen LogP contribution in [0.2, 0.25) is 0 Å². The Balaban J connectivity index is 1.49. The van der Waals surface area contributed by atoms with Gasteiger partial charge in [-0.3, -0.25) is 4.79 Å². The third-order valence-electron chi connectivity index (χ3n) is 3.59. The lowest BCUT2D eigenvalue weighted by atomic mass is 9.95. The van der Waals surface area contributed by atoms with E-state index in [2.05, 4.69) is 20.7 Å². The molecule has 0 aliphatic carbocycles. The zero-order valence-electron chi connectivity index (χ0n) is 12.7. The highest BCUT2D eigenvalue weighted by Gasteiger charge is 2.27. The Morgan fingerprint density at radius 3 is 3.26 bits per heavy atom. The van der Waals surface area contributed by atoms with Gasteiger partial charge in [0.2, 0.25) is 5.91 Å². The molecule has 23 heavy (non-hydrogen) atoms. The molecule has 7 nitrogen and oxygen atoms in total. The third kappa shape index (κ3) is 3.76. The van der Waals surface area contributed by atoms with Crippen LogP contribution < -0.4 is 14.8 Å². The second kappa shape index (κ2) is 7.36. The van der Waals surface area contributed by atoms with Crippen molar-refractivity contribution < 1.29 is 14.3 Å². The van der Waals surface area contributed by atoms with Gasteiger partial charge in [0.25, 0.3) is 0 Å². The SMILES string of the molecule is COc1cccc2c1OC[C@H](C(=O)NCCSc1cn[nH]n1)C2. The van der Waals surface area contributed by atoms with E-state index in [1.54, 1.807) is 25.1 Å². The number of H-pyrrole nitrogens is 1. The first-order valence-corrected chi connectivity index (χ1v) is 8.31. The molecule has 1 aromatic carbocycles. The van der Waals surface area contributed by atoms with Crippen LogP contribution in [0.3, 0.4) is 0 Å². The van der Waals surface area contributed by atoms with E-state index in [9.17, 15) is 4.79 Å². The van der Waals surface area contributed by atoms with Crippen molar-refractivity contribution in [3.05, 3.63) is 30.0 Å². The highest BCUT2D eigenvalue weighted by molar-refractivity contribution is 7.99. The molecule has 0 fully saturated rings. The molecule has 1 aliphatic rings. The van der Waals surface area contributed by atoms with Gasteiger partial charge in [-0.05, 0) is 18.1 Å². The highest BCUT2D eigenvalue weighted by atomic mass is 32.2. The number of methoxy groups -OCH3 is 1. The predicted octanol–water partition coefficient (Wildman–Crippen LogP) is 1.27. The van der Waals surface area contributed by atoms with Gasteiger partial charge >= 0.3 is 0 Å². The minimum atomic E-state index is -0.174. The number of hydrogen-bond acceptors (Lipinski definition) is 6. The zero-order chi connectivity index (χ0) is 16.1. The molecular weight excluding hydrogens is 316 g/mol. The van der Waals surface area contributed by atoms with E-state index in [0.29, 0.717) is 25.3 Å². The summed E-state index contributed by atoms with van der Waals surface area (Å²) in [6, 6.07) is 5.74. The fourth-order valence-corrected chi connectivity index (χ4v) is 3.10. The van der Waals surface area contributed by atoms with Crippen LogP contribution in [-0.4, -0.2) is 47.3 Å². The summed E-state index contributed by atoms with van der Waals surface area (Å²) >= 11 is 1.54.